The lowest BCUT2D eigenvalue weighted by molar-refractivity contribution is -0.167. The molecule has 0 bridgehead atoms. The first-order chi connectivity index (χ1) is 32.9. The van der Waals surface area contributed by atoms with Crippen LogP contribution < -0.4 is 0 Å². The Hall–Kier alpha value is -1.59. The summed E-state index contributed by atoms with van der Waals surface area (Å²) >= 11 is 0. The third-order valence-electron chi connectivity index (χ3n) is 14.0. The van der Waals surface area contributed by atoms with Gasteiger partial charge in [0.2, 0.25) is 0 Å². The van der Waals surface area contributed by atoms with E-state index in [1.807, 2.05) is 0 Å². The molecule has 0 heterocycles. The van der Waals surface area contributed by atoms with E-state index in [0.717, 1.165) is 63.7 Å². The van der Waals surface area contributed by atoms with Gasteiger partial charge in [-0.1, -0.05) is 310 Å². The lowest BCUT2D eigenvalue weighted by atomic mass is 10.0. The number of carbonyl (C=O) groups excluding carboxylic acids is 3. The molecular formula is C61H118O6. The summed E-state index contributed by atoms with van der Waals surface area (Å²) < 4.78 is 16.9. The molecule has 67 heavy (non-hydrogen) atoms. The van der Waals surface area contributed by atoms with Gasteiger partial charge in [-0.25, -0.2) is 0 Å². The average Bonchev–Trinajstić information content (AvgIpc) is 3.31. The molecule has 0 unspecified atom stereocenters. The Morgan fingerprint density at radius 2 is 0.493 bits per heavy atom. The van der Waals surface area contributed by atoms with Crippen molar-refractivity contribution in [2.75, 3.05) is 13.2 Å². The van der Waals surface area contributed by atoms with Crippen molar-refractivity contribution in [3.8, 4) is 0 Å². The second-order valence-corrected chi connectivity index (χ2v) is 21.5. The first kappa shape index (κ1) is 65.4. The zero-order valence-corrected chi connectivity index (χ0v) is 45.9. The minimum absolute atomic E-state index is 0.0616. The van der Waals surface area contributed by atoms with Gasteiger partial charge in [0, 0.05) is 19.3 Å². The summed E-state index contributed by atoms with van der Waals surface area (Å²) in [6, 6.07) is 0. The van der Waals surface area contributed by atoms with Crippen LogP contribution in [-0.4, -0.2) is 37.2 Å². The number of hydrogen-bond acceptors (Lipinski definition) is 6. The van der Waals surface area contributed by atoms with Crippen LogP contribution in [-0.2, 0) is 28.6 Å². The minimum Gasteiger partial charge on any atom is -0.462 e. The van der Waals surface area contributed by atoms with Crippen molar-refractivity contribution in [1.82, 2.24) is 0 Å². The molecular weight excluding hydrogens is 829 g/mol. The van der Waals surface area contributed by atoms with E-state index in [9.17, 15) is 14.4 Å². The van der Waals surface area contributed by atoms with E-state index < -0.39 is 6.10 Å². The molecule has 0 saturated carbocycles. The van der Waals surface area contributed by atoms with Gasteiger partial charge in [-0.15, -0.1) is 0 Å². The van der Waals surface area contributed by atoms with Gasteiger partial charge in [0.15, 0.2) is 6.10 Å². The molecule has 0 amide bonds. The van der Waals surface area contributed by atoms with Gasteiger partial charge in [-0.3, -0.25) is 14.4 Å². The first-order valence-corrected chi connectivity index (χ1v) is 30.4. The van der Waals surface area contributed by atoms with Gasteiger partial charge in [0.1, 0.15) is 13.2 Å². The van der Waals surface area contributed by atoms with E-state index in [4.69, 9.17) is 14.2 Å². The molecule has 6 nitrogen and oxygen atoms in total. The van der Waals surface area contributed by atoms with Gasteiger partial charge in [0.05, 0.1) is 0 Å². The SMILES string of the molecule is CCCCCCCCCCCCCCCCCCCCCC(=O)O[C@@H](COC(=O)CCCCCCCCCCCCCCCCC)COC(=O)CCCCCCCCCCCCCCC(C)C. The Labute approximate surface area is 418 Å². The number of carbonyl (C=O) groups is 3. The maximum absolute atomic E-state index is 12.9. The maximum Gasteiger partial charge on any atom is 0.306 e. The predicted molar refractivity (Wildman–Crippen MR) is 289 cm³/mol. The fourth-order valence-corrected chi connectivity index (χ4v) is 9.46. The molecule has 0 saturated heterocycles. The molecule has 1 atom stereocenters. The van der Waals surface area contributed by atoms with Gasteiger partial charge in [-0.05, 0) is 25.2 Å². The largest absolute Gasteiger partial charge is 0.462 e. The van der Waals surface area contributed by atoms with Crippen LogP contribution in [0.25, 0.3) is 0 Å². The van der Waals surface area contributed by atoms with Crippen molar-refractivity contribution < 1.29 is 28.6 Å². The predicted octanol–water partition coefficient (Wildman–Crippen LogP) is 20.2. The highest BCUT2D eigenvalue weighted by Gasteiger charge is 2.19. The Balaban J connectivity index is 4.28. The highest BCUT2D eigenvalue weighted by atomic mass is 16.6. The molecule has 0 aromatic heterocycles. The Morgan fingerprint density at radius 3 is 0.731 bits per heavy atom. The fourth-order valence-electron chi connectivity index (χ4n) is 9.46. The zero-order chi connectivity index (χ0) is 48.8. The van der Waals surface area contributed by atoms with E-state index >= 15 is 0 Å². The summed E-state index contributed by atoms with van der Waals surface area (Å²) in [6.07, 6.45) is 61.0. The molecule has 0 aliphatic carbocycles. The first-order valence-electron chi connectivity index (χ1n) is 30.4. The zero-order valence-electron chi connectivity index (χ0n) is 45.9. The molecule has 0 aliphatic heterocycles. The molecule has 398 valence electrons. The van der Waals surface area contributed by atoms with Gasteiger partial charge in [-0.2, -0.15) is 0 Å². The lowest BCUT2D eigenvalue weighted by Crippen LogP contribution is -2.30. The van der Waals surface area contributed by atoms with Crippen LogP contribution in [0.4, 0.5) is 0 Å². The van der Waals surface area contributed by atoms with Crippen molar-refractivity contribution in [2.24, 2.45) is 5.92 Å². The third kappa shape index (κ3) is 55.2. The van der Waals surface area contributed by atoms with Crippen molar-refractivity contribution in [3.05, 3.63) is 0 Å². The number of hydrogen-bond donors (Lipinski definition) is 0. The van der Waals surface area contributed by atoms with Gasteiger partial charge < -0.3 is 14.2 Å². The Kier molecular flexibility index (Phi) is 54.0. The van der Waals surface area contributed by atoms with Crippen LogP contribution in [0, 0.1) is 5.92 Å². The Morgan fingerprint density at radius 1 is 0.284 bits per heavy atom. The molecule has 0 N–H and O–H groups in total. The van der Waals surface area contributed by atoms with E-state index in [-0.39, 0.29) is 31.1 Å². The van der Waals surface area contributed by atoms with E-state index in [2.05, 4.69) is 27.7 Å². The molecule has 6 heteroatoms. The number of esters is 3. The molecule has 0 rings (SSSR count). The van der Waals surface area contributed by atoms with Crippen molar-refractivity contribution >= 4 is 17.9 Å². The van der Waals surface area contributed by atoms with Crippen LogP contribution in [0.1, 0.15) is 349 Å². The molecule has 0 aromatic rings. The fraction of sp³-hybridized carbons (Fsp3) is 0.951. The summed E-state index contributed by atoms with van der Waals surface area (Å²) in [7, 11) is 0. The number of ether oxygens (including phenoxy) is 3. The second kappa shape index (κ2) is 55.3. The number of unbranched alkanes of at least 4 members (excludes halogenated alkanes) is 43. The summed E-state index contributed by atoms with van der Waals surface area (Å²) in [5, 5.41) is 0. The number of rotatable bonds is 56. The van der Waals surface area contributed by atoms with E-state index in [1.54, 1.807) is 0 Å². The minimum atomic E-state index is -0.762. The molecule has 0 spiro atoms. The molecule has 0 radical (unpaired) electrons. The topological polar surface area (TPSA) is 78.9 Å². The molecule has 0 aliphatic rings. The monoisotopic (exact) mass is 947 g/mol. The smallest absolute Gasteiger partial charge is 0.306 e. The summed E-state index contributed by atoms with van der Waals surface area (Å²) in [5.41, 5.74) is 0. The van der Waals surface area contributed by atoms with E-state index in [0.29, 0.717) is 19.3 Å². The van der Waals surface area contributed by atoms with Crippen molar-refractivity contribution in [3.63, 3.8) is 0 Å². The standard InChI is InChI=1S/C61H118O6/c1-5-7-9-11-13-15-17-19-21-22-23-24-26-28-34-38-42-46-50-54-61(64)67-58(55-65-59(62)52-48-44-40-36-32-27-25-20-18-16-14-12-10-8-6-2)56-66-60(63)53-49-45-41-37-33-30-29-31-35-39-43-47-51-57(3)4/h57-58H,5-56H2,1-4H3/t58-/m0/s1. The highest BCUT2D eigenvalue weighted by molar-refractivity contribution is 5.71. The third-order valence-corrected chi connectivity index (χ3v) is 14.0. The van der Waals surface area contributed by atoms with Gasteiger partial charge in [0.25, 0.3) is 0 Å². The summed E-state index contributed by atoms with van der Waals surface area (Å²) in [4.78, 5) is 38.2. The maximum atomic E-state index is 12.9. The van der Waals surface area contributed by atoms with Crippen LogP contribution in [0.15, 0.2) is 0 Å². The average molecular weight is 948 g/mol. The quantitative estimate of drug-likeness (QED) is 0.0343. The van der Waals surface area contributed by atoms with E-state index in [1.165, 1.54) is 244 Å². The van der Waals surface area contributed by atoms with Crippen LogP contribution in [0.2, 0.25) is 0 Å². The highest BCUT2D eigenvalue weighted by Crippen LogP contribution is 2.18. The lowest BCUT2D eigenvalue weighted by Gasteiger charge is -2.18. The molecule has 0 fully saturated rings. The van der Waals surface area contributed by atoms with Gasteiger partial charge >= 0.3 is 17.9 Å². The van der Waals surface area contributed by atoms with Crippen LogP contribution in [0.5, 0.6) is 0 Å². The molecule has 0 aromatic carbocycles. The van der Waals surface area contributed by atoms with Crippen molar-refractivity contribution in [2.45, 2.75) is 355 Å². The van der Waals surface area contributed by atoms with Crippen LogP contribution >= 0.6 is 0 Å². The normalized spacial score (nSPS) is 12.0. The summed E-state index contributed by atoms with van der Waals surface area (Å²) in [6.45, 7) is 9.07. The van der Waals surface area contributed by atoms with Crippen molar-refractivity contribution in [1.29, 1.82) is 0 Å². The summed E-state index contributed by atoms with van der Waals surface area (Å²) in [5.74, 6) is 0.00198. The second-order valence-electron chi connectivity index (χ2n) is 21.5. The Bertz CT molecular complexity index is 1010. The van der Waals surface area contributed by atoms with Crippen LogP contribution in [0.3, 0.4) is 0 Å².